The number of nitrogens with zero attached hydrogens (tertiary/aromatic N) is 1. The van der Waals surface area contributed by atoms with Crippen molar-refractivity contribution in [3.8, 4) is 5.75 Å². The maximum Gasteiger partial charge on any atom is 0.325 e. The zero-order chi connectivity index (χ0) is 22.6. The van der Waals surface area contributed by atoms with Gasteiger partial charge in [0.15, 0.2) is 5.54 Å². The van der Waals surface area contributed by atoms with E-state index in [0.29, 0.717) is 17.7 Å². The van der Waals surface area contributed by atoms with E-state index in [1.807, 2.05) is 72.8 Å². The van der Waals surface area contributed by atoms with Gasteiger partial charge < -0.3 is 15.2 Å². The number of hydrogen-bond acceptors (Lipinski definition) is 4. The van der Waals surface area contributed by atoms with E-state index in [-0.39, 0.29) is 19.1 Å². The van der Waals surface area contributed by atoms with Crippen LogP contribution in [0.4, 0.5) is 4.79 Å². The van der Waals surface area contributed by atoms with Crippen LogP contribution in [0.5, 0.6) is 5.75 Å². The van der Waals surface area contributed by atoms with Gasteiger partial charge in [0.05, 0.1) is 6.54 Å². The highest BCUT2D eigenvalue weighted by atomic mass is 79.9. The molecule has 0 unspecified atom stereocenters. The fraction of sp³-hybridized carbons (Fsp3) is 0.200. The molecule has 1 saturated heterocycles. The summed E-state index contributed by atoms with van der Waals surface area (Å²) >= 11 is 3.36. The SMILES string of the molecule is O=C1N[C@](Cc2ccccc2)(c2ccccc2)C(=O)N1C[C@@H](O)COc1ccc(Br)cc1. The van der Waals surface area contributed by atoms with Crippen molar-refractivity contribution in [1.29, 1.82) is 0 Å². The number of β-amino-alcohol motifs (C(OH)–C–C–N with tert-alkyl or cyclic N) is 1. The molecule has 2 atom stereocenters. The van der Waals surface area contributed by atoms with E-state index in [9.17, 15) is 14.7 Å². The number of imide groups is 1. The van der Waals surface area contributed by atoms with Crippen LogP contribution in [-0.4, -0.2) is 41.2 Å². The number of aliphatic hydroxyl groups excluding tert-OH is 1. The highest BCUT2D eigenvalue weighted by Gasteiger charge is 2.52. The molecule has 1 fully saturated rings. The molecule has 32 heavy (non-hydrogen) atoms. The molecule has 0 aromatic heterocycles. The fourth-order valence-electron chi connectivity index (χ4n) is 3.82. The number of rotatable bonds is 8. The second-order valence-electron chi connectivity index (χ2n) is 7.70. The Morgan fingerprint density at radius 3 is 2.22 bits per heavy atom. The molecule has 1 heterocycles. The molecule has 6 nitrogen and oxygen atoms in total. The van der Waals surface area contributed by atoms with Gasteiger partial charge in [-0.1, -0.05) is 76.6 Å². The smallest absolute Gasteiger partial charge is 0.325 e. The van der Waals surface area contributed by atoms with Crippen molar-refractivity contribution < 1.29 is 19.4 Å². The van der Waals surface area contributed by atoms with Gasteiger partial charge in [0.2, 0.25) is 0 Å². The lowest BCUT2D eigenvalue weighted by Crippen LogP contribution is -2.46. The first kappa shape index (κ1) is 22.0. The molecule has 0 aliphatic carbocycles. The summed E-state index contributed by atoms with van der Waals surface area (Å²) in [6, 6.07) is 25.4. The van der Waals surface area contributed by atoms with Gasteiger partial charge in [0.25, 0.3) is 5.91 Å². The Bertz CT molecular complexity index is 1080. The van der Waals surface area contributed by atoms with Crippen LogP contribution in [0.15, 0.2) is 89.4 Å². The van der Waals surface area contributed by atoms with Crippen molar-refractivity contribution in [2.45, 2.75) is 18.1 Å². The molecule has 3 aromatic carbocycles. The van der Waals surface area contributed by atoms with E-state index in [1.54, 1.807) is 12.1 Å². The average Bonchev–Trinajstić information content (AvgIpc) is 3.05. The van der Waals surface area contributed by atoms with Crippen molar-refractivity contribution in [2.75, 3.05) is 13.2 Å². The summed E-state index contributed by atoms with van der Waals surface area (Å²) in [5, 5.41) is 13.4. The van der Waals surface area contributed by atoms with Gasteiger partial charge in [-0.15, -0.1) is 0 Å². The maximum atomic E-state index is 13.6. The van der Waals surface area contributed by atoms with Crippen LogP contribution >= 0.6 is 15.9 Å². The lowest BCUT2D eigenvalue weighted by Gasteiger charge is -2.28. The van der Waals surface area contributed by atoms with E-state index >= 15 is 0 Å². The normalized spacial score (nSPS) is 19.0. The van der Waals surface area contributed by atoms with Gasteiger partial charge in [0.1, 0.15) is 18.5 Å². The van der Waals surface area contributed by atoms with Crippen molar-refractivity contribution in [3.63, 3.8) is 0 Å². The standard InChI is InChI=1S/C25H23BrN2O4/c26-20-11-13-22(14-12-20)32-17-21(29)16-28-23(30)25(27-24(28)31,19-9-5-2-6-10-19)15-18-7-3-1-4-8-18/h1-14,21,29H,15-17H2,(H,27,31)/t21-,25-/m1/s1. The first-order valence-corrected chi connectivity index (χ1v) is 11.1. The number of carbonyl (C=O) groups is 2. The Balaban J connectivity index is 1.52. The molecule has 0 radical (unpaired) electrons. The summed E-state index contributed by atoms with van der Waals surface area (Å²) in [6.07, 6.45) is -0.721. The van der Waals surface area contributed by atoms with E-state index < -0.39 is 17.7 Å². The first-order valence-electron chi connectivity index (χ1n) is 10.3. The summed E-state index contributed by atoms with van der Waals surface area (Å²) in [7, 11) is 0. The Labute approximate surface area is 195 Å². The van der Waals surface area contributed by atoms with Crippen LogP contribution in [0.1, 0.15) is 11.1 Å². The molecule has 3 amide bonds. The Hall–Kier alpha value is -3.16. The third-order valence-corrected chi connectivity index (χ3v) is 5.93. The fourth-order valence-corrected chi connectivity index (χ4v) is 4.09. The van der Waals surface area contributed by atoms with Crippen molar-refractivity contribution in [3.05, 3.63) is 101 Å². The van der Waals surface area contributed by atoms with Crippen LogP contribution in [0.3, 0.4) is 0 Å². The molecular weight excluding hydrogens is 472 g/mol. The quantitative estimate of drug-likeness (QED) is 0.465. The molecular formula is C25H23BrN2O4. The van der Waals surface area contributed by atoms with E-state index in [4.69, 9.17) is 4.74 Å². The molecule has 164 valence electrons. The van der Waals surface area contributed by atoms with Gasteiger partial charge in [-0.05, 0) is 35.4 Å². The predicted molar refractivity (Wildman–Crippen MR) is 124 cm³/mol. The number of carbonyl (C=O) groups excluding carboxylic acids is 2. The average molecular weight is 495 g/mol. The summed E-state index contributed by atoms with van der Waals surface area (Å²) in [5.74, 6) is 0.201. The van der Waals surface area contributed by atoms with Crippen LogP contribution < -0.4 is 10.1 Å². The predicted octanol–water partition coefficient (Wildman–Crippen LogP) is 3.88. The summed E-state index contributed by atoms with van der Waals surface area (Å²) in [5.41, 5.74) is 0.391. The summed E-state index contributed by atoms with van der Waals surface area (Å²) < 4.78 is 6.51. The molecule has 3 aromatic rings. The zero-order valence-electron chi connectivity index (χ0n) is 17.3. The minimum Gasteiger partial charge on any atom is -0.491 e. The maximum absolute atomic E-state index is 13.6. The highest BCUT2D eigenvalue weighted by Crippen LogP contribution is 2.33. The lowest BCUT2D eigenvalue weighted by atomic mass is 9.83. The summed E-state index contributed by atoms with van der Waals surface area (Å²) in [6.45, 7) is -0.208. The molecule has 1 aliphatic heterocycles. The second kappa shape index (κ2) is 9.54. The number of urea groups is 1. The largest absolute Gasteiger partial charge is 0.491 e. The van der Waals surface area contributed by atoms with Crippen LogP contribution in [0, 0.1) is 0 Å². The molecule has 2 N–H and O–H groups in total. The van der Waals surface area contributed by atoms with Gasteiger partial charge in [-0.2, -0.15) is 0 Å². The Morgan fingerprint density at radius 1 is 0.938 bits per heavy atom. The number of nitrogens with one attached hydrogen (secondary N) is 1. The minimum atomic E-state index is -1.23. The number of hydrogen-bond donors (Lipinski definition) is 2. The van der Waals surface area contributed by atoms with E-state index in [1.165, 1.54) is 0 Å². The molecule has 0 spiro atoms. The second-order valence-corrected chi connectivity index (χ2v) is 8.61. The molecule has 4 rings (SSSR count). The minimum absolute atomic E-state index is 0.0459. The van der Waals surface area contributed by atoms with Crippen molar-refractivity contribution >= 4 is 27.9 Å². The van der Waals surface area contributed by atoms with Gasteiger partial charge in [-0.3, -0.25) is 9.69 Å². The highest BCUT2D eigenvalue weighted by molar-refractivity contribution is 9.10. The molecule has 0 bridgehead atoms. The third kappa shape index (κ3) is 4.69. The lowest BCUT2D eigenvalue weighted by molar-refractivity contribution is -0.132. The van der Waals surface area contributed by atoms with E-state index in [2.05, 4.69) is 21.2 Å². The monoisotopic (exact) mass is 494 g/mol. The third-order valence-electron chi connectivity index (χ3n) is 5.40. The molecule has 1 aliphatic rings. The van der Waals surface area contributed by atoms with Crippen LogP contribution in [0.25, 0.3) is 0 Å². The van der Waals surface area contributed by atoms with E-state index in [0.717, 1.165) is 14.9 Å². The first-order chi connectivity index (χ1) is 15.5. The Kier molecular flexibility index (Phi) is 6.58. The van der Waals surface area contributed by atoms with Crippen molar-refractivity contribution in [2.24, 2.45) is 0 Å². The number of aliphatic hydroxyl groups is 1. The zero-order valence-corrected chi connectivity index (χ0v) is 18.9. The molecule has 0 saturated carbocycles. The van der Waals surface area contributed by atoms with Crippen molar-refractivity contribution in [1.82, 2.24) is 10.2 Å². The van der Waals surface area contributed by atoms with Gasteiger partial charge in [0, 0.05) is 10.9 Å². The summed E-state index contributed by atoms with van der Waals surface area (Å²) in [4.78, 5) is 27.5. The number of benzene rings is 3. The van der Waals surface area contributed by atoms with Crippen LogP contribution in [-0.2, 0) is 16.8 Å². The Morgan fingerprint density at radius 2 is 1.56 bits per heavy atom. The van der Waals surface area contributed by atoms with Gasteiger partial charge in [-0.25, -0.2) is 4.79 Å². The van der Waals surface area contributed by atoms with Gasteiger partial charge >= 0.3 is 6.03 Å². The topological polar surface area (TPSA) is 78.9 Å². The number of amides is 3. The van der Waals surface area contributed by atoms with Crippen LogP contribution in [0.2, 0.25) is 0 Å². The molecule has 7 heteroatoms. The number of ether oxygens (including phenoxy) is 1. The number of halogens is 1.